The van der Waals surface area contributed by atoms with Crippen LogP contribution >= 0.6 is 0 Å². The first-order chi connectivity index (χ1) is 19.9. The van der Waals surface area contributed by atoms with E-state index in [1.54, 1.807) is 12.3 Å². The molecule has 0 saturated carbocycles. The van der Waals surface area contributed by atoms with Crippen LogP contribution in [0.1, 0.15) is 53.8 Å². The summed E-state index contributed by atoms with van der Waals surface area (Å²) in [5.41, 5.74) is 4.69. The van der Waals surface area contributed by atoms with Gasteiger partial charge in [0.15, 0.2) is 0 Å². The van der Waals surface area contributed by atoms with Crippen LogP contribution in [0.5, 0.6) is 0 Å². The standard InChI is InChI=1S/C34H36F2N4O/c1-24(2)26-11-12-27(34(41)32(20-26)38-22-29-10-6-7-15-37-29)23-39-16-18-40(19-17-39)33(25-8-4-3-5-9-25)30-14-13-28(35)21-31(30)36/h3-15,20-21,24,33H,16-19,22-23H2,1-2H3,(H,38,41). The van der Waals surface area contributed by atoms with E-state index in [0.29, 0.717) is 37.4 Å². The molecule has 1 atom stereocenters. The molecule has 5 nitrogen and oxygen atoms in total. The van der Waals surface area contributed by atoms with E-state index in [0.717, 1.165) is 41.5 Å². The molecule has 0 amide bonds. The van der Waals surface area contributed by atoms with Gasteiger partial charge >= 0.3 is 0 Å². The maximum absolute atomic E-state index is 15.0. The number of pyridine rings is 1. The average molecular weight is 555 g/mol. The number of anilines is 1. The molecule has 1 saturated heterocycles. The average Bonchev–Trinajstić information content (AvgIpc) is 3.14. The van der Waals surface area contributed by atoms with Crippen molar-refractivity contribution in [2.75, 3.05) is 31.5 Å². The Balaban J connectivity index is 1.34. The first-order valence-electron chi connectivity index (χ1n) is 14.2. The summed E-state index contributed by atoms with van der Waals surface area (Å²) in [7, 11) is 0. The molecule has 0 bridgehead atoms. The Morgan fingerprint density at radius 1 is 0.854 bits per heavy atom. The number of benzene rings is 2. The number of aromatic nitrogens is 1. The fourth-order valence-electron chi connectivity index (χ4n) is 5.40. The van der Waals surface area contributed by atoms with Crippen LogP contribution in [0.3, 0.4) is 0 Å². The van der Waals surface area contributed by atoms with E-state index in [-0.39, 0.29) is 17.4 Å². The molecule has 5 rings (SSSR count). The molecular formula is C34H36F2N4O. The molecule has 1 N–H and O–H groups in total. The fraction of sp³-hybridized carbons (Fsp3) is 0.294. The van der Waals surface area contributed by atoms with E-state index in [1.807, 2.05) is 66.7 Å². The second kappa shape index (κ2) is 13.1. The summed E-state index contributed by atoms with van der Waals surface area (Å²) >= 11 is 0. The zero-order chi connectivity index (χ0) is 28.8. The predicted octanol–water partition coefficient (Wildman–Crippen LogP) is 6.36. The van der Waals surface area contributed by atoms with Crippen LogP contribution in [0, 0.1) is 11.6 Å². The number of piperazine rings is 1. The highest BCUT2D eigenvalue weighted by molar-refractivity contribution is 5.48. The summed E-state index contributed by atoms with van der Waals surface area (Å²) in [6, 6.07) is 25.0. The van der Waals surface area contributed by atoms with Gasteiger partial charge in [0.1, 0.15) is 11.6 Å². The molecule has 0 aliphatic carbocycles. The van der Waals surface area contributed by atoms with Gasteiger partial charge < -0.3 is 5.32 Å². The molecule has 0 radical (unpaired) electrons. The summed E-state index contributed by atoms with van der Waals surface area (Å²) in [5, 5.41) is 3.33. The minimum atomic E-state index is -0.582. The Bertz CT molecular complexity index is 1510. The third-order valence-electron chi connectivity index (χ3n) is 7.72. The highest BCUT2D eigenvalue weighted by atomic mass is 19.1. The van der Waals surface area contributed by atoms with Gasteiger partial charge in [-0.05, 0) is 41.3 Å². The van der Waals surface area contributed by atoms with E-state index in [9.17, 15) is 13.6 Å². The van der Waals surface area contributed by atoms with Crippen molar-refractivity contribution in [3.63, 3.8) is 0 Å². The summed E-state index contributed by atoms with van der Waals surface area (Å²) in [6.07, 6.45) is 1.75. The van der Waals surface area contributed by atoms with Gasteiger partial charge in [0.2, 0.25) is 5.43 Å². The van der Waals surface area contributed by atoms with Gasteiger partial charge in [-0.1, -0.05) is 68.4 Å². The summed E-state index contributed by atoms with van der Waals surface area (Å²) in [4.78, 5) is 22.5. The normalized spacial score (nSPS) is 15.1. The molecule has 1 aliphatic heterocycles. The van der Waals surface area contributed by atoms with Crippen molar-refractivity contribution in [2.24, 2.45) is 0 Å². The zero-order valence-electron chi connectivity index (χ0n) is 23.6. The van der Waals surface area contributed by atoms with Crippen molar-refractivity contribution < 1.29 is 8.78 Å². The second-order valence-corrected chi connectivity index (χ2v) is 10.9. The molecule has 1 unspecified atom stereocenters. The Morgan fingerprint density at radius 2 is 1.61 bits per heavy atom. The molecule has 1 aliphatic rings. The van der Waals surface area contributed by atoms with Gasteiger partial charge in [0.25, 0.3) is 0 Å². The van der Waals surface area contributed by atoms with Gasteiger partial charge in [0, 0.05) is 56.1 Å². The maximum atomic E-state index is 15.0. The molecule has 3 aromatic carbocycles. The topological polar surface area (TPSA) is 48.5 Å². The fourth-order valence-corrected chi connectivity index (χ4v) is 5.40. The summed E-state index contributed by atoms with van der Waals surface area (Å²) in [5.74, 6) is -0.849. The lowest BCUT2D eigenvalue weighted by Gasteiger charge is -2.39. The van der Waals surface area contributed by atoms with E-state index in [1.165, 1.54) is 6.07 Å². The highest BCUT2D eigenvalue weighted by Crippen LogP contribution is 2.32. The van der Waals surface area contributed by atoms with Crippen molar-refractivity contribution in [2.45, 2.75) is 38.9 Å². The Hall–Kier alpha value is -3.94. The third-order valence-corrected chi connectivity index (χ3v) is 7.72. The van der Waals surface area contributed by atoms with Crippen LogP contribution in [0.25, 0.3) is 0 Å². The number of rotatable bonds is 9. The smallest absolute Gasteiger partial charge is 0.206 e. The van der Waals surface area contributed by atoms with Crippen LogP contribution in [-0.4, -0.2) is 41.0 Å². The first kappa shape index (κ1) is 28.6. The highest BCUT2D eigenvalue weighted by Gasteiger charge is 2.28. The minimum absolute atomic E-state index is 0.00851. The largest absolute Gasteiger partial charge is 0.376 e. The van der Waals surface area contributed by atoms with Gasteiger partial charge in [-0.3, -0.25) is 19.6 Å². The Kier molecular flexibility index (Phi) is 9.17. The molecule has 4 aromatic rings. The maximum Gasteiger partial charge on any atom is 0.206 e. The third kappa shape index (κ3) is 7.04. The number of halogens is 2. The molecular weight excluding hydrogens is 518 g/mol. The second-order valence-electron chi connectivity index (χ2n) is 10.9. The van der Waals surface area contributed by atoms with Crippen LogP contribution in [0.2, 0.25) is 0 Å². The van der Waals surface area contributed by atoms with Gasteiger partial charge in [-0.15, -0.1) is 0 Å². The van der Waals surface area contributed by atoms with Gasteiger partial charge in [0.05, 0.1) is 24.0 Å². The van der Waals surface area contributed by atoms with E-state index in [2.05, 4.69) is 33.9 Å². The molecule has 7 heteroatoms. The zero-order valence-corrected chi connectivity index (χ0v) is 23.6. The van der Waals surface area contributed by atoms with Gasteiger partial charge in [-0.2, -0.15) is 0 Å². The van der Waals surface area contributed by atoms with Crippen LogP contribution in [-0.2, 0) is 13.1 Å². The Labute approximate surface area is 240 Å². The lowest BCUT2D eigenvalue weighted by molar-refractivity contribution is 0.103. The van der Waals surface area contributed by atoms with Crippen molar-refractivity contribution in [1.29, 1.82) is 0 Å². The molecule has 1 fully saturated rings. The van der Waals surface area contributed by atoms with E-state index in [4.69, 9.17) is 0 Å². The van der Waals surface area contributed by atoms with Gasteiger partial charge in [-0.25, -0.2) is 8.78 Å². The van der Waals surface area contributed by atoms with Crippen LogP contribution in [0.15, 0.2) is 95.9 Å². The van der Waals surface area contributed by atoms with Crippen molar-refractivity contribution >= 4 is 5.69 Å². The van der Waals surface area contributed by atoms with Crippen molar-refractivity contribution in [1.82, 2.24) is 14.8 Å². The number of nitrogens with one attached hydrogen (secondary N) is 1. The van der Waals surface area contributed by atoms with E-state index < -0.39 is 11.6 Å². The van der Waals surface area contributed by atoms with E-state index >= 15 is 0 Å². The molecule has 0 spiro atoms. The van der Waals surface area contributed by atoms with Crippen molar-refractivity contribution in [3.05, 3.63) is 141 Å². The predicted molar refractivity (Wildman–Crippen MR) is 160 cm³/mol. The molecule has 212 valence electrons. The lowest BCUT2D eigenvalue weighted by Crippen LogP contribution is -2.47. The SMILES string of the molecule is CC(C)c1ccc(CN2CCN(C(c3ccccc3)c3ccc(F)cc3F)CC2)c(=O)c(NCc2ccccn2)c1. The summed E-state index contributed by atoms with van der Waals surface area (Å²) < 4.78 is 28.7. The summed E-state index contributed by atoms with van der Waals surface area (Å²) in [6.45, 7) is 8.05. The molecule has 2 heterocycles. The lowest BCUT2D eigenvalue weighted by atomic mass is 9.95. The van der Waals surface area contributed by atoms with Crippen molar-refractivity contribution in [3.8, 4) is 0 Å². The number of hydrogen-bond acceptors (Lipinski definition) is 5. The molecule has 41 heavy (non-hydrogen) atoms. The number of nitrogens with zero attached hydrogens (tertiary/aromatic N) is 3. The minimum Gasteiger partial charge on any atom is -0.376 e. The van der Waals surface area contributed by atoms with Crippen LogP contribution in [0.4, 0.5) is 14.5 Å². The Morgan fingerprint density at radius 3 is 2.29 bits per heavy atom. The first-order valence-corrected chi connectivity index (χ1v) is 14.2. The number of hydrogen-bond donors (Lipinski definition) is 1. The van der Waals surface area contributed by atoms with Crippen LogP contribution < -0.4 is 10.7 Å². The molecule has 1 aromatic heterocycles. The quantitative estimate of drug-likeness (QED) is 0.261. The monoisotopic (exact) mass is 554 g/mol.